The van der Waals surface area contributed by atoms with Gasteiger partial charge in [-0.15, -0.1) is 11.3 Å². The van der Waals surface area contributed by atoms with E-state index in [1.165, 1.54) is 22.3 Å². The van der Waals surface area contributed by atoms with E-state index >= 15 is 0 Å². The second kappa shape index (κ2) is 13.3. The predicted octanol–water partition coefficient (Wildman–Crippen LogP) is 3.91. The van der Waals surface area contributed by atoms with Gasteiger partial charge in [0.05, 0.1) is 23.2 Å². The van der Waals surface area contributed by atoms with Crippen molar-refractivity contribution in [2.24, 2.45) is 23.1 Å². The van der Waals surface area contributed by atoms with Crippen LogP contribution in [-0.2, 0) is 27.2 Å². The second-order valence-corrected chi connectivity index (χ2v) is 13.7. The Bertz CT molecular complexity index is 1420. The van der Waals surface area contributed by atoms with Crippen molar-refractivity contribution in [2.45, 2.75) is 76.7 Å². The third-order valence-electron chi connectivity index (χ3n) is 7.27. The monoisotopic (exact) mass is 591 g/mol. The van der Waals surface area contributed by atoms with E-state index < -0.39 is 40.4 Å². The summed E-state index contributed by atoms with van der Waals surface area (Å²) in [5.41, 5.74) is 16.8. The lowest BCUT2D eigenvalue weighted by Crippen LogP contribution is -2.65. The van der Waals surface area contributed by atoms with Crippen molar-refractivity contribution >= 4 is 39.7 Å². The maximum absolute atomic E-state index is 14.5. The number of nitrogens with zero attached hydrogens (tertiary/aromatic N) is 1. The van der Waals surface area contributed by atoms with Gasteiger partial charge in [0.1, 0.15) is 0 Å². The molecule has 0 aliphatic rings. The van der Waals surface area contributed by atoms with Crippen LogP contribution in [0.5, 0.6) is 0 Å². The fourth-order valence-corrected chi connectivity index (χ4v) is 5.62. The minimum Gasteiger partial charge on any atom is -0.338 e. The molecule has 2 amide bonds. The lowest BCUT2D eigenvalue weighted by atomic mass is 9.76. The molecule has 7 N–H and O–H groups in total. The van der Waals surface area contributed by atoms with E-state index in [2.05, 4.69) is 5.32 Å². The van der Waals surface area contributed by atoms with Gasteiger partial charge in [0.15, 0.2) is 5.78 Å². The van der Waals surface area contributed by atoms with Crippen LogP contribution in [0.1, 0.15) is 51.5 Å². The van der Waals surface area contributed by atoms with E-state index in [-0.39, 0.29) is 18.7 Å². The third-order valence-corrected chi connectivity index (χ3v) is 8.17. The van der Waals surface area contributed by atoms with Crippen LogP contribution in [-0.4, -0.2) is 52.3 Å². The number of carbonyl (C=O) groups is 3. The molecule has 226 valence electrons. The summed E-state index contributed by atoms with van der Waals surface area (Å²) in [4.78, 5) is 43.8. The smallest absolute Gasteiger partial charge is 0.246 e. The molecule has 0 aliphatic heterocycles. The summed E-state index contributed by atoms with van der Waals surface area (Å²) < 4.78 is 0. The van der Waals surface area contributed by atoms with E-state index in [0.717, 1.165) is 21.2 Å². The molecule has 3 rings (SSSR count). The highest BCUT2D eigenvalue weighted by Crippen LogP contribution is 2.28. The molecule has 3 aromatic rings. The molecule has 8 nitrogen and oxygen atoms in total. The predicted molar refractivity (Wildman–Crippen MR) is 172 cm³/mol. The Balaban J connectivity index is 2.02. The maximum Gasteiger partial charge on any atom is 0.246 e. The molecule has 0 spiro atoms. The number of thiophene rings is 1. The highest BCUT2D eigenvalue weighted by molar-refractivity contribution is 7.09. The van der Waals surface area contributed by atoms with Crippen LogP contribution in [0.2, 0.25) is 0 Å². The van der Waals surface area contributed by atoms with E-state index in [4.69, 9.17) is 17.2 Å². The summed E-state index contributed by atoms with van der Waals surface area (Å²) in [6.45, 7) is 8.67. The van der Waals surface area contributed by atoms with Gasteiger partial charge in [-0.3, -0.25) is 14.4 Å². The molecule has 1 heterocycles. The first-order valence-electron chi connectivity index (χ1n) is 14.1. The minimum atomic E-state index is -1.63. The van der Waals surface area contributed by atoms with Gasteiger partial charge >= 0.3 is 0 Å². The largest absolute Gasteiger partial charge is 0.338 e. The quantitative estimate of drug-likeness (QED) is 0.175. The first kappa shape index (κ1) is 33.1. The van der Waals surface area contributed by atoms with Crippen molar-refractivity contribution in [1.82, 2.24) is 10.2 Å². The molecule has 0 radical (unpaired) electrons. The third kappa shape index (κ3) is 9.06. The molecule has 0 bridgehead atoms. The molecule has 3 atom stereocenters. The highest BCUT2D eigenvalue weighted by Gasteiger charge is 2.46. The number of nitrogens with one attached hydrogen (secondary N) is 1. The lowest BCUT2D eigenvalue weighted by molar-refractivity contribution is -0.141. The molecule has 2 unspecified atom stereocenters. The average molecular weight is 592 g/mol. The summed E-state index contributed by atoms with van der Waals surface area (Å²) in [6, 6.07) is 16.8. The Hall–Kier alpha value is -3.37. The summed E-state index contributed by atoms with van der Waals surface area (Å²) in [5.74, 6) is -2.11. The number of ketones is 1. The lowest BCUT2D eigenvalue weighted by Gasteiger charge is -2.38. The van der Waals surface area contributed by atoms with Crippen molar-refractivity contribution in [3.8, 4) is 0 Å². The number of hydrogen-bond acceptors (Lipinski definition) is 7. The maximum atomic E-state index is 14.5. The zero-order valence-electron chi connectivity index (χ0n) is 25.5. The zero-order chi connectivity index (χ0) is 31.3. The molecule has 2 aromatic carbocycles. The Kier molecular flexibility index (Phi) is 10.5. The highest BCUT2D eigenvalue weighted by atomic mass is 32.1. The van der Waals surface area contributed by atoms with Crippen molar-refractivity contribution in [3.63, 3.8) is 0 Å². The van der Waals surface area contributed by atoms with Crippen molar-refractivity contribution in [3.05, 3.63) is 82.6 Å². The van der Waals surface area contributed by atoms with Crippen LogP contribution in [0.25, 0.3) is 10.8 Å². The van der Waals surface area contributed by atoms with Crippen LogP contribution < -0.4 is 22.5 Å². The average Bonchev–Trinajstić information content (AvgIpc) is 3.41. The minimum absolute atomic E-state index is 0.227. The number of rotatable bonds is 13. The molecule has 0 saturated carbocycles. The van der Waals surface area contributed by atoms with Crippen LogP contribution in [0.15, 0.2) is 72.1 Å². The van der Waals surface area contributed by atoms with Crippen LogP contribution >= 0.6 is 11.3 Å². The second-order valence-electron chi connectivity index (χ2n) is 12.6. The van der Waals surface area contributed by atoms with Gasteiger partial charge in [-0.1, -0.05) is 54.6 Å². The SMILES string of the molecule is CN(C(=O)/C=C/CC(C)(C)N)[C@H](Cc1ccc2ccccc2c1)C(=O)C(C)(N)C(Cc1cccs1)C(=O)NC(C)(C)N. The van der Waals surface area contributed by atoms with Crippen LogP contribution in [0.4, 0.5) is 0 Å². The molecular formula is C33H45N5O3S. The van der Waals surface area contributed by atoms with Crippen LogP contribution in [0, 0.1) is 5.92 Å². The molecule has 42 heavy (non-hydrogen) atoms. The van der Waals surface area contributed by atoms with Gasteiger partial charge in [0.2, 0.25) is 11.8 Å². The van der Waals surface area contributed by atoms with Crippen molar-refractivity contribution in [2.75, 3.05) is 7.05 Å². The molecule has 0 aliphatic carbocycles. The van der Waals surface area contributed by atoms with Gasteiger partial charge in [0.25, 0.3) is 0 Å². The molecule has 9 heteroatoms. The number of nitrogens with two attached hydrogens (primary N) is 3. The Morgan fingerprint density at radius 3 is 2.19 bits per heavy atom. The van der Waals surface area contributed by atoms with Gasteiger partial charge in [-0.2, -0.15) is 0 Å². The van der Waals surface area contributed by atoms with Crippen LogP contribution in [0.3, 0.4) is 0 Å². The number of carbonyl (C=O) groups excluding carboxylic acids is 3. The van der Waals surface area contributed by atoms with Crippen molar-refractivity contribution < 1.29 is 14.4 Å². The topological polar surface area (TPSA) is 145 Å². The van der Waals surface area contributed by atoms with Gasteiger partial charge in [-0.25, -0.2) is 0 Å². The molecule has 0 fully saturated rings. The van der Waals surface area contributed by atoms with E-state index in [1.54, 1.807) is 33.9 Å². The summed E-state index contributed by atoms with van der Waals surface area (Å²) in [7, 11) is 1.59. The fourth-order valence-electron chi connectivity index (χ4n) is 4.87. The zero-order valence-corrected chi connectivity index (χ0v) is 26.3. The number of Topliss-reactive ketones (excluding diaryl/α,β-unsaturated/α-hetero) is 1. The number of hydrogen-bond donors (Lipinski definition) is 4. The van der Waals surface area contributed by atoms with E-state index in [1.807, 2.05) is 73.8 Å². The van der Waals surface area contributed by atoms with E-state index in [9.17, 15) is 14.4 Å². The van der Waals surface area contributed by atoms with Gasteiger partial charge < -0.3 is 27.4 Å². The summed E-state index contributed by atoms with van der Waals surface area (Å²) in [6.07, 6.45) is 4.13. The number of fused-ring (bicyclic) bond motifs is 1. The number of likely N-dealkylation sites (N-methyl/N-ethyl adjacent to an activating group) is 1. The number of benzene rings is 2. The number of amides is 2. The first-order valence-corrected chi connectivity index (χ1v) is 15.0. The summed E-state index contributed by atoms with van der Waals surface area (Å²) in [5, 5.41) is 6.81. The Morgan fingerprint density at radius 2 is 1.60 bits per heavy atom. The summed E-state index contributed by atoms with van der Waals surface area (Å²) >= 11 is 1.49. The fraction of sp³-hybridized carbons (Fsp3) is 0.424. The molecule has 1 aromatic heterocycles. The Labute approximate surface area is 253 Å². The first-order chi connectivity index (χ1) is 19.5. The Morgan fingerprint density at radius 1 is 0.929 bits per heavy atom. The normalized spacial score (nSPS) is 15.3. The molecular weight excluding hydrogens is 546 g/mol. The molecule has 0 saturated heterocycles. The van der Waals surface area contributed by atoms with Gasteiger partial charge in [0, 0.05) is 23.9 Å². The van der Waals surface area contributed by atoms with Crippen molar-refractivity contribution in [1.29, 1.82) is 0 Å². The van der Waals surface area contributed by atoms with Gasteiger partial charge in [-0.05, 0) is 81.3 Å². The standard InChI is InChI=1S/C33H45N5O3S/c1-31(2,34)17-9-14-28(39)38(6)27(20-22-15-16-23-11-7-8-12-24(23)19-22)29(40)33(5,36)26(21-25-13-10-18-42-25)30(41)37-32(3,4)35/h7-16,18-19,26-27H,17,20-21,34-36H2,1-6H3,(H,37,41)/b14-9+/t26?,27-,33?/m1/s1. The van der Waals surface area contributed by atoms with E-state index in [0.29, 0.717) is 6.42 Å².